The minimum Gasteiger partial charge on any atom is -0.346 e. The second-order valence-corrected chi connectivity index (χ2v) is 5.95. The number of carbonyl (C=O) groups is 1. The zero-order valence-electron chi connectivity index (χ0n) is 12.6. The number of para-hydroxylation sites is 1. The summed E-state index contributed by atoms with van der Waals surface area (Å²) in [7, 11) is 2.06. The van der Waals surface area contributed by atoms with Crippen molar-refractivity contribution < 1.29 is 4.79 Å². The fourth-order valence-corrected chi connectivity index (χ4v) is 3.45. The molecule has 22 heavy (non-hydrogen) atoms. The third kappa shape index (κ3) is 2.06. The Bertz CT molecular complexity index is 849. The Balaban J connectivity index is 1.73. The smallest absolute Gasteiger partial charge is 0.179 e. The average Bonchev–Trinajstić information content (AvgIpc) is 2.82. The van der Waals surface area contributed by atoms with Gasteiger partial charge in [-0.05, 0) is 11.6 Å². The molecule has 1 aromatic heterocycles. The first kappa shape index (κ1) is 13.3. The summed E-state index contributed by atoms with van der Waals surface area (Å²) in [4.78, 5) is 14.9. The SMILES string of the molecule is Cn1c2c(c3ccccc31)C(=O)CN(Cc1ccccc1)C2. The Morgan fingerprint density at radius 1 is 0.955 bits per heavy atom. The molecule has 0 aliphatic carbocycles. The number of nitrogens with zero attached hydrogens (tertiary/aromatic N) is 2. The molecule has 1 aliphatic heterocycles. The summed E-state index contributed by atoms with van der Waals surface area (Å²) in [6.45, 7) is 2.13. The van der Waals surface area contributed by atoms with Crippen LogP contribution in [0.2, 0.25) is 0 Å². The molecule has 0 unspecified atom stereocenters. The van der Waals surface area contributed by atoms with Crippen molar-refractivity contribution in [3.8, 4) is 0 Å². The van der Waals surface area contributed by atoms with Crippen LogP contribution in [0.3, 0.4) is 0 Å². The molecule has 3 aromatic rings. The van der Waals surface area contributed by atoms with Gasteiger partial charge in [0.15, 0.2) is 5.78 Å². The van der Waals surface area contributed by atoms with Crippen LogP contribution in [0.1, 0.15) is 21.6 Å². The lowest BCUT2D eigenvalue weighted by atomic mass is 10.0. The van der Waals surface area contributed by atoms with E-state index in [1.54, 1.807) is 0 Å². The van der Waals surface area contributed by atoms with Crippen LogP contribution in [-0.2, 0) is 20.1 Å². The number of benzene rings is 2. The van der Waals surface area contributed by atoms with E-state index in [2.05, 4.69) is 40.8 Å². The van der Waals surface area contributed by atoms with Crippen molar-refractivity contribution in [2.45, 2.75) is 13.1 Å². The minimum absolute atomic E-state index is 0.231. The molecule has 3 nitrogen and oxygen atoms in total. The molecule has 0 bridgehead atoms. The molecule has 0 radical (unpaired) electrons. The zero-order chi connectivity index (χ0) is 15.1. The zero-order valence-corrected chi connectivity index (χ0v) is 12.6. The maximum atomic E-state index is 12.7. The number of hydrogen-bond acceptors (Lipinski definition) is 2. The van der Waals surface area contributed by atoms with E-state index in [0.717, 1.165) is 35.2 Å². The maximum absolute atomic E-state index is 12.7. The summed E-state index contributed by atoms with van der Waals surface area (Å²) >= 11 is 0. The van der Waals surface area contributed by atoms with Crippen LogP contribution in [0.5, 0.6) is 0 Å². The van der Waals surface area contributed by atoms with E-state index >= 15 is 0 Å². The quantitative estimate of drug-likeness (QED) is 0.723. The third-order valence-electron chi connectivity index (χ3n) is 4.50. The minimum atomic E-state index is 0.231. The van der Waals surface area contributed by atoms with Gasteiger partial charge < -0.3 is 4.57 Å². The van der Waals surface area contributed by atoms with E-state index in [0.29, 0.717) is 6.54 Å². The Kier molecular flexibility index (Phi) is 3.09. The first-order valence-corrected chi connectivity index (χ1v) is 7.60. The number of aryl methyl sites for hydroxylation is 1. The number of hydrogen-bond donors (Lipinski definition) is 0. The lowest BCUT2D eigenvalue weighted by Gasteiger charge is -2.27. The van der Waals surface area contributed by atoms with Crippen molar-refractivity contribution in [2.75, 3.05) is 6.54 Å². The van der Waals surface area contributed by atoms with E-state index in [-0.39, 0.29) is 5.78 Å². The fraction of sp³-hybridized carbons (Fsp3) is 0.211. The van der Waals surface area contributed by atoms with Crippen LogP contribution >= 0.6 is 0 Å². The molecule has 0 saturated carbocycles. The van der Waals surface area contributed by atoms with Gasteiger partial charge >= 0.3 is 0 Å². The molecule has 0 fully saturated rings. The molecule has 2 heterocycles. The summed E-state index contributed by atoms with van der Waals surface area (Å²) in [6.07, 6.45) is 0. The highest BCUT2D eigenvalue weighted by atomic mass is 16.1. The van der Waals surface area contributed by atoms with Crippen molar-refractivity contribution in [1.82, 2.24) is 9.47 Å². The summed E-state index contributed by atoms with van der Waals surface area (Å²) in [5.74, 6) is 0.231. The van der Waals surface area contributed by atoms with Crippen LogP contribution in [0, 0.1) is 0 Å². The molecule has 0 spiro atoms. The number of carbonyl (C=O) groups excluding carboxylic acids is 1. The van der Waals surface area contributed by atoms with Crippen LogP contribution in [0.15, 0.2) is 54.6 Å². The van der Waals surface area contributed by atoms with Gasteiger partial charge in [0, 0.05) is 42.3 Å². The van der Waals surface area contributed by atoms with Crippen molar-refractivity contribution in [2.24, 2.45) is 7.05 Å². The third-order valence-corrected chi connectivity index (χ3v) is 4.50. The molecule has 1 aliphatic rings. The molecule has 3 heteroatoms. The van der Waals surface area contributed by atoms with Crippen LogP contribution < -0.4 is 0 Å². The van der Waals surface area contributed by atoms with Crippen molar-refractivity contribution in [3.63, 3.8) is 0 Å². The molecule has 4 rings (SSSR count). The van der Waals surface area contributed by atoms with Crippen LogP contribution in [-0.4, -0.2) is 21.8 Å². The second-order valence-electron chi connectivity index (χ2n) is 5.95. The molecule has 0 atom stereocenters. The van der Waals surface area contributed by atoms with Crippen LogP contribution in [0.4, 0.5) is 0 Å². The highest BCUT2D eigenvalue weighted by Crippen LogP contribution is 2.30. The van der Waals surface area contributed by atoms with E-state index in [9.17, 15) is 4.79 Å². The van der Waals surface area contributed by atoms with E-state index < -0.39 is 0 Å². The lowest BCUT2D eigenvalue weighted by molar-refractivity contribution is 0.0893. The molecule has 110 valence electrons. The molecular formula is C19H18N2O. The van der Waals surface area contributed by atoms with Gasteiger partial charge in [-0.3, -0.25) is 9.69 Å². The van der Waals surface area contributed by atoms with E-state index in [4.69, 9.17) is 0 Å². The first-order chi connectivity index (χ1) is 10.7. The summed E-state index contributed by atoms with van der Waals surface area (Å²) in [5.41, 5.74) is 4.44. The Hall–Kier alpha value is -2.39. The Labute approximate surface area is 129 Å². The number of Topliss-reactive ketones (excluding diaryl/α,β-unsaturated/α-hetero) is 1. The lowest BCUT2D eigenvalue weighted by Crippen LogP contribution is -2.35. The Morgan fingerprint density at radius 3 is 2.50 bits per heavy atom. The largest absolute Gasteiger partial charge is 0.346 e. The Morgan fingerprint density at radius 2 is 1.68 bits per heavy atom. The van der Waals surface area contributed by atoms with Gasteiger partial charge in [-0.2, -0.15) is 0 Å². The number of fused-ring (bicyclic) bond motifs is 3. The van der Waals surface area contributed by atoms with Gasteiger partial charge in [0.1, 0.15) is 0 Å². The number of rotatable bonds is 2. The first-order valence-electron chi connectivity index (χ1n) is 7.60. The molecule has 0 saturated heterocycles. The normalized spacial score (nSPS) is 15.2. The van der Waals surface area contributed by atoms with Crippen molar-refractivity contribution in [3.05, 3.63) is 71.4 Å². The summed E-state index contributed by atoms with van der Waals surface area (Å²) in [5, 5.41) is 1.09. The van der Waals surface area contributed by atoms with Crippen molar-refractivity contribution >= 4 is 16.7 Å². The van der Waals surface area contributed by atoms with Gasteiger partial charge in [-0.15, -0.1) is 0 Å². The van der Waals surface area contributed by atoms with Gasteiger partial charge in [-0.1, -0.05) is 48.5 Å². The fourth-order valence-electron chi connectivity index (χ4n) is 3.45. The number of ketones is 1. The van der Waals surface area contributed by atoms with E-state index in [1.165, 1.54) is 5.56 Å². The molecule has 0 amide bonds. The van der Waals surface area contributed by atoms with Crippen LogP contribution in [0.25, 0.3) is 10.9 Å². The van der Waals surface area contributed by atoms with Gasteiger partial charge in [0.05, 0.1) is 6.54 Å². The molecular weight excluding hydrogens is 272 g/mol. The predicted octanol–water partition coefficient (Wildman–Crippen LogP) is 3.38. The molecule has 0 N–H and O–H groups in total. The van der Waals surface area contributed by atoms with Gasteiger partial charge in [0.25, 0.3) is 0 Å². The van der Waals surface area contributed by atoms with Gasteiger partial charge in [-0.25, -0.2) is 0 Å². The number of aromatic nitrogens is 1. The predicted molar refractivity (Wildman–Crippen MR) is 87.8 cm³/mol. The summed E-state index contributed by atoms with van der Waals surface area (Å²) in [6, 6.07) is 18.5. The van der Waals surface area contributed by atoms with Crippen molar-refractivity contribution in [1.29, 1.82) is 0 Å². The standard InChI is InChI=1S/C19H18N2O/c1-20-16-10-6-5-9-15(16)19-17(20)12-21(13-18(19)22)11-14-7-3-2-4-8-14/h2-10H,11-13H2,1H3. The highest BCUT2D eigenvalue weighted by Gasteiger charge is 2.28. The second kappa shape index (κ2) is 5.11. The summed E-state index contributed by atoms with van der Waals surface area (Å²) < 4.78 is 2.17. The average molecular weight is 290 g/mol. The maximum Gasteiger partial charge on any atom is 0.179 e. The van der Waals surface area contributed by atoms with E-state index in [1.807, 2.05) is 30.3 Å². The van der Waals surface area contributed by atoms with Gasteiger partial charge in [0.2, 0.25) is 0 Å². The molecule has 2 aromatic carbocycles. The topological polar surface area (TPSA) is 25.2 Å². The monoisotopic (exact) mass is 290 g/mol. The highest BCUT2D eigenvalue weighted by molar-refractivity contribution is 6.11.